The fraction of sp³-hybridized carbons (Fsp3) is 0.538. The molecule has 0 aromatic heterocycles. The number of alkyl halides is 3. The van der Waals surface area contributed by atoms with Gasteiger partial charge in [-0.3, -0.25) is 0 Å². The van der Waals surface area contributed by atoms with E-state index >= 15 is 0 Å². The summed E-state index contributed by atoms with van der Waals surface area (Å²) < 4.78 is 51.1. The normalized spacial score (nSPS) is 29.3. The van der Waals surface area contributed by atoms with Gasteiger partial charge in [-0.25, -0.2) is 4.39 Å². The molecule has 0 radical (unpaired) electrons. The molecule has 1 nitrogen and oxygen atoms in total. The molecule has 0 aliphatic heterocycles. The minimum Gasteiger partial charge on any atom is -0.321 e. The van der Waals surface area contributed by atoms with Crippen LogP contribution in [0.4, 0.5) is 17.6 Å². The lowest BCUT2D eigenvalue weighted by molar-refractivity contribution is -0.187. The molecule has 2 N–H and O–H groups in total. The third kappa shape index (κ3) is 2.66. The minimum absolute atomic E-state index is 0.123. The summed E-state index contributed by atoms with van der Waals surface area (Å²) in [5, 5.41) is 0. The molecule has 1 saturated carbocycles. The van der Waals surface area contributed by atoms with Gasteiger partial charge in [0.25, 0.3) is 0 Å². The van der Waals surface area contributed by atoms with Crippen molar-refractivity contribution in [2.75, 3.05) is 0 Å². The van der Waals surface area contributed by atoms with Crippen LogP contribution in [0.2, 0.25) is 0 Å². The van der Waals surface area contributed by atoms with E-state index in [0.717, 1.165) is 0 Å². The molecule has 1 aliphatic rings. The number of rotatable bonds is 1. The first-order valence-electron chi connectivity index (χ1n) is 5.93. The van der Waals surface area contributed by atoms with E-state index in [1.807, 2.05) is 0 Å². The highest BCUT2D eigenvalue weighted by Gasteiger charge is 2.46. The molecule has 2 unspecified atom stereocenters. The van der Waals surface area contributed by atoms with E-state index in [1.165, 1.54) is 24.3 Å². The highest BCUT2D eigenvalue weighted by molar-refractivity contribution is 5.25. The third-order valence-corrected chi connectivity index (χ3v) is 3.67. The van der Waals surface area contributed by atoms with Crippen LogP contribution in [0, 0.1) is 11.7 Å². The average molecular weight is 261 g/mol. The highest BCUT2D eigenvalue weighted by atomic mass is 19.4. The van der Waals surface area contributed by atoms with Crippen molar-refractivity contribution < 1.29 is 17.6 Å². The molecule has 0 saturated heterocycles. The fourth-order valence-corrected chi connectivity index (χ4v) is 2.63. The van der Waals surface area contributed by atoms with Crippen LogP contribution in [0.15, 0.2) is 24.3 Å². The second-order valence-electron chi connectivity index (χ2n) is 5.00. The van der Waals surface area contributed by atoms with Gasteiger partial charge in [0.2, 0.25) is 0 Å². The largest absolute Gasteiger partial charge is 0.391 e. The van der Waals surface area contributed by atoms with Crippen molar-refractivity contribution in [1.29, 1.82) is 0 Å². The Morgan fingerprint density at radius 3 is 2.33 bits per heavy atom. The number of benzene rings is 1. The molecule has 5 heteroatoms. The molecule has 0 amide bonds. The van der Waals surface area contributed by atoms with Crippen molar-refractivity contribution in [1.82, 2.24) is 0 Å². The highest BCUT2D eigenvalue weighted by Crippen LogP contribution is 2.44. The molecule has 0 spiro atoms. The molecule has 1 aromatic carbocycles. The Morgan fingerprint density at radius 2 is 1.78 bits per heavy atom. The molecule has 100 valence electrons. The summed E-state index contributed by atoms with van der Waals surface area (Å²) in [4.78, 5) is 0. The molecule has 1 fully saturated rings. The maximum Gasteiger partial charge on any atom is 0.391 e. The van der Waals surface area contributed by atoms with Gasteiger partial charge >= 0.3 is 6.18 Å². The SMILES string of the molecule is NC1(c2ccc(F)cc2)CCCC(C(F)(F)F)C1. The summed E-state index contributed by atoms with van der Waals surface area (Å²) in [6.45, 7) is 0. The second-order valence-corrected chi connectivity index (χ2v) is 5.00. The summed E-state index contributed by atoms with van der Waals surface area (Å²) >= 11 is 0. The predicted octanol–water partition coefficient (Wildman–Crippen LogP) is 3.73. The van der Waals surface area contributed by atoms with Crippen LogP contribution in [0.25, 0.3) is 0 Å². The first-order valence-corrected chi connectivity index (χ1v) is 5.93. The van der Waals surface area contributed by atoms with Gasteiger partial charge in [0.15, 0.2) is 0 Å². The molecule has 2 atom stereocenters. The average Bonchev–Trinajstić information content (AvgIpc) is 2.28. The van der Waals surface area contributed by atoms with Gasteiger partial charge in [-0.15, -0.1) is 0 Å². The van der Waals surface area contributed by atoms with Gasteiger partial charge in [0.1, 0.15) is 5.82 Å². The molecular weight excluding hydrogens is 246 g/mol. The number of halogens is 4. The van der Waals surface area contributed by atoms with Crippen LogP contribution in [0.3, 0.4) is 0 Å². The van der Waals surface area contributed by atoms with Gasteiger partial charge in [-0.2, -0.15) is 13.2 Å². The predicted molar refractivity (Wildman–Crippen MR) is 60.3 cm³/mol. The summed E-state index contributed by atoms with van der Waals surface area (Å²) in [6.07, 6.45) is -3.25. The maximum absolute atomic E-state index is 12.8. The Bertz CT molecular complexity index is 412. The number of hydrogen-bond acceptors (Lipinski definition) is 1. The van der Waals surface area contributed by atoms with Crippen LogP contribution in [0.5, 0.6) is 0 Å². The summed E-state index contributed by atoms with van der Waals surface area (Å²) in [5.74, 6) is -1.77. The molecule has 0 heterocycles. The van der Waals surface area contributed by atoms with Gasteiger partial charge in [-0.05, 0) is 37.0 Å². The van der Waals surface area contributed by atoms with Crippen LogP contribution < -0.4 is 5.73 Å². The fourth-order valence-electron chi connectivity index (χ4n) is 2.63. The van der Waals surface area contributed by atoms with Crippen LogP contribution >= 0.6 is 0 Å². The summed E-state index contributed by atoms with van der Waals surface area (Å²) in [6, 6.07) is 5.43. The first-order chi connectivity index (χ1) is 8.31. The molecule has 18 heavy (non-hydrogen) atoms. The zero-order valence-electron chi connectivity index (χ0n) is 9.80. The van der Waals surface area contributed by atoms with Gasteiger partial charge in [-0.1, -0.05) is 18.6 Å². The minimum atomic E-state index is -4.20. The van der Waals surface area contributed by atoms with Gasteiger partial charge < -0.3 is 5.73 Å². The summed E-state index contributed by atoms with van der Waals surface area (Å²) in [7, 11) is 0. The molecule has 2 rings (SSSR count). The van der Waals surface area contributed by atoms with Crippen molar-refractivity contribution in [3.63, 3.8) is 0 Å². The van der Waals surface area contributed by atoms with E-state index in [9.17, 15) is 17.6 Å². The van der Waals surface area contributed by atoms with Crippen molar-refractivity contribution in [3.05, 3.63) is 35.6 Å². The van der Waals surface area contributed by atoms with Crippen molar-refractivity contribution in [3.8, 4) is 0 Å². The Hall–Kier alpha value is -1.10. The Morgan fingerprint density at radius 1 is 1.17 bits per heavy atom. The van der Waals surface area contributed by atoms with Crippen molar-refractivity contribution in [2.45, 2.75) is 37.4 Å². The lowest BCUT2D eigenvalue weighted by Gasteiger charge is -2.39. The Kier molecular flexibility index (Phi) is 3.36. The lowest BCUT2D eigenvalue weighted by Crippen LogP contribution is -2.44. The van der Waals surface area contributed by atoms with E-state index in [1.54, 1.807) is 0 Å². The molecule has 1 aliphatic carbocycles. The van der Waals surface area contributed by atoms with Gasteiger partial charge in [0, 0.05) is 5.54 Å². The second kappa shape index (κ2) is 4.53. The summed E-state index contributed by atoms with van der Waals surface area (Å²) in [5.41, 5.74) is 5.68. The van der Waals surface area contributed by atoms with Crippen LogP contribution in [0.1, 0.15) is 31.2 Å². The van der Waals surface area contributed by atoms with Crippen LogP contribution in [-0.4, -0.2) is 6.18 Å². The first kappa shape index (κ1) is 13.3. The van der Waals surface area contributed by atoms with Crippen LogP contribution in [-0.2, 0) is 5.54 Å². The van der Waals surface area contributed by atoms with Crippen molar-refractivity contribution >= 4 is 0 Å². The van der Waals surface area contributed by atoms with E-state index in [-0.39, 0.29) is 12.8 Å². The van der Waals surface area contributed by atoms with Crippen molar-refractivity contribution in [2.24, 2.45) is 11.7 Å². The van der Waals surface area contributed by atoms with E-state index in [0.29, 0.717) is 18.4 Å². The number of nitrogens with two attached hydrogens (primary N) is 1. The molecule has 0 bridgehead atoms. The Labute approximate surface area is 103 Å². The smallest absolute Gasteiger partial charge is 0.321 e. The van der Waals surface area contributed by atoms with E-state index in [4.69, 9.17) is 5.73 Å². The topological polar surface area (TPSA) is 26.0 Å². The quantitative estimate of drug-likeness (QED) is 0.766. The third-order valence-electron chi connectivity index (χ3n) is 3.67. The molecule has 1 aromatic rings. The number of hydrogen-bond donors (Lipinski definition) is 1. The standard InChI is InChI=1S/C13H15F4N/c14-11-5-3-9(4-6-11)12(18)7-1-2-10(8-12)13(15,16)17/h3-6,10H,1-2,7-8,18H2. The lowest BCUT2D eigenvalue weighted by atomic mass is 9.72. The van der Waals surface area contributed by atoms with E-state index in [2.05, 4.69) is 0 Å². The van der Waals surface area contributed by atoms with Gasteiger partial charge in [0.05, 0.1) is 5.92 Å². The Balaban J connectivity index is 2.22. The maximum atomic E-state index is 12.8. The molecular formula is C13H15F4N. The van der Waals surface area contributed by atoms with E-state index < -0.39 is 23.5 Å². The zero-order valence-corrected chi connectivity index (χ0v) is 9.80. The monoisotopic (exact) mass is 261 g/mol. The zero-order chi connectivity index (χ0) is 13.4.